The zero-order valence-corrected chi connectivity index (χ0v) is 10.9. The minimum atomic E-state index is -0.279. The molecule has 0 spiro atoms. The Bertz CT molecular complexity index is 538. The van der Waals surface area contributed by atoms with Gasteiger partial charge in [-0.2, -0.15) is 0 Å². The molecular formula is C15H15FO3. The van der Waals surface area contributed by atoms with Crippen molar-refractivity contribution in [1.82, 2.24) is 0 Å². The van der Waals surface area contributed by atoms with Crippen LogP contribution in [-0.2, 0) is 6.61 Å². The number of hydrogen-bond acceptors (Lipinski definition) is 3. The van der Waals surface area contributed by atoms with E-state index in [0.717, 1.165) is 5.56 Å². The monoisotopic (exact) mass is 262 g/mol. The van der Waals surface area contributed by atoms with Crippen molar-refractivity contribution in [3.8, 4) is 17.2 Å². The highest BCUT2D eigenvalue weighted by molar-refractivity contribution is 5.42. The van der Waals surface area contributed by atoms with Gasteiger partial charge in [-0.05, 0) is 42.0 Å². The largest absolute Gasteiger partial charge is 0.493 e. The SMILES string of the molecule is COc1ccc(COc2ccc(F)cc2)cc1OC. The van der Waals surface area contributed by atoms with Gasteiger partial charge in [0.25, 0.3) is 0 Å². The number of halogens is 1. The summed E-state index contributed by atoms with van der Waals surface area (Å²) in [5.74, 6) is 1.67. The van der Waals surface area contributed by atoms with Gasteiger partial charge < -0.3 is 14.2 Å². The quantitative estimate of drug-likeness (QED) is 0.826. The minimum Gasteiger partial charge on any atom is -0.493 e. The molecule has 19 heavy (non-hydrogen) atoms. The van der Waals surface area contributed by atoms with Gasteiger partial charge in [-0.25, -0.2) is 4.39 Å². The van der Waals surface area contributed by atoms with Crippen LogP contribution < -0.4 is 14.2 Å². The fraction of sp³-hybridized carbons (Fsp3) is 0.200. The zero-order valence-electron chi connectivity index (χ0n) is 10.9. The number of ether oxygens (including phenoxy) is 3. The fourth-order valence-corrected chi connectivity index (χ4v) is 1.67. The van der Waals surface area contributed by atoms with E-state index in [0.29, 0.717) is 23.9 Å². The summed E-state index contributed by atoms with van der Waals surface area (Å²) in [5.41, 5.74) is 0.946. The van der Waals surface area contributed by atoms with Crippen LogP contribution in [0.1, 0.15) is 5.56 Å². The summed E-state index contributed by atoms with van der Waals surface area (Å²) in [6.07, 6.45) is 0. The van der Waals surface area contributed by atoms with Gasteiger partial charge in [-0.15, -0.1) is 0 Å². The Labute approximate surface area is 111 Å². The van der Waals surface area contributed by atoms with E-state index in [1.165, 1.54) is 12.1 Å². The van der Waals surface area contributed by atoms with E-state index < -0.39 is 0 Å². The van der Waals surface area contributed by atoms with Crippen LogP contribution in [0.4, 0.5) is 4.39 Å². The first-order chi connectivity index (χ1) is 9.22. The van der Waals surface area contributed by atoms with Gasteiger partial charge in [-0.3, -0.25) is 0 Å². The third-order valence-corrected chi connectivity index (χ3v) is 2.67. The van der Waals surface area contributed by atoms with E-state index in [2.05, 4.69) is 0 Å². The van der Waals surface area contributed by atoms with Crippen molar-refractivity contribution in [1.29, 1.82) is 0 Å². The molecule has 100 valence electrons. The van der Waals surface area contributed by atoms with Crippen molar-refractivity contribution < 1.29 is 18.6 Å². The molecule has 0 unspecified atom stereocenters. The van der Waals surface area contributed by atoms with Crippen molar-refractivity contribution in [3.05, 3.63) is 53.8 Å². The molecule has 0 saturated carbocycles. The van der Waals surface area contributed by atoms with Crippen LogP contribution in [0.2, 0.25) is 0 Å². The van der Waals surface area contributed by atoms with Crippen LogP contribution in [0.15, 0.2) is 42.5 Å². The van der Waals surface area contributed by atoms with Crippen molar-refractivity contribution in [2.45, 2.75) is 6.61 Å². The van der Waals surface area contributed by atoms with Crippen molar-refractivity contribution >= 4 is 0 Å². The van der Waals surface area contributed by atoms with E-state index in [9.17, 15) is 4.39 Å². The van der Waals surface area contributed by atoms with Gasteiger partial charge in [0.15, 0.2) is 11.5 Å². The first kappa shape index (κ1) is 13.2. The summed E-state index contributed by atoms with van der Waals surface area (Å²) in [7, 11) is 3.18. The van der Waals surface area contributed by atoms with Gasteiger partial charge in [0.05, 0.1) is 14.2 Å². The van der Waals surface area contributed by atoms with E-state index in [1.807, 2.05) is 18.2 Å². The van der Waals surface area contributed by atoms with Crippen LogP contribution in [0, 0.1) is 5.82 Å². The summed E-state index contributed by atoms with van der Waals surface area (Å²) >= 11 is 0. The summed E-state index contributed by atoms with van der Waals surface area (Å²) in [4.78, 5) is 0. The molecule has 0 bridgehead atoms. The van der Waals surface area contributed by atoms with Gasteiger partial charge in [0.2, 0.25) is 0 Å². The van der Waals surface area contributed by atoms with Crippen molar-refractivity contribution in [3.63, 3.8) is 0 Å². The summed E-state index contributed by atoms with van der Waals surface area (Å²) in [6, 6.07) is 11.5. The molecule has 0 aliphatic rings. The molecule has 0 aliphatic carbocycles. The summed E-state index contributed by atoms with van der Waals surface area (Å²) in [5, 5.41) is 0. The molecule has 0 aliphatic heterocycles. The maximum atomic E-state index is 12.7. The predicted octanol–water partition coefficient (Wildman–Crippen LogP) is 3.42. The second-order valence-electron chi connectivity index (χ2n) is 3.93. The zero-order chi connectivity index (χ0) is 13.7. The molecular weight excluding hydrogens is 247 g/mol. The second-order valence-corrected chi connectivity index (χ2v) is 3.93. The van der Waals surface area contributed by atoms with E-state index in [-0.39, 0.29) is 5.82 Å². The summed E-state index contributed by atoms with van der Waals surface area (Å²) in [6.45, 7) is 0.381. The molecule has 0 fully saturated rings. The smallest absolute Gasteiger partial charge is 0.161 e. The molecule has 4 heteroatoms. The Balaban J connectivity index is 2.05. The highest BCUT2D eigenvalue weighted by Gasteiger charge is 2.05. The van der Waals surface area contributed by atoms with E-state index >= 15 is 0 Å². The molecule has 3 nitrogen and oxygen atoms in total. The Morgan fingerprint density at radius 2 is 1.58 bits per heavy atom. The molecule has 2 aromatic rings. The highest BCUT2D eigenvalue weighted by Crippen LogP contribution is 2.28. The number of rotatable bonds is 5. The molecule has 0 amide bonds. The Hall–Kier alpha value is -2.23. The van der Waals surface area contributed by atoms with Gasteiger partial charge in [0.1, 0.15) is 18.2 Å². The lowest BCUT2D eigenvalue weighted by Crippen LogP contribution is -1.97. The van der Waals surface area contributed by atoms with Crippen molar-refractivity contribution in [2.24, 2.45) is 0 Å². The second kappa shape index (κ2) is 6.09. The lowest BCUT2D eigenvalue weighted by molar-refractivity contribution is 0.303. The van der Waals surface area contributed by atoms with Crippen LogP contribution in [-0.4, -0.2) is 14.2 Å². The topological polar surface area (TPSA) is 27.7 Å². The predicted molar refractivity (Wildman–Crippen MR) is 70.3 cm³/mol. The maximum absolute atomic E-state index is 12.7. The molecule has 0 aromatic heterocycles. The number of hydrogen-bond donors (Lipinski definition) is 0. The normalized spacial score (nSPS) is 10.1. The molecule has 0 heterocycles. The molecule has 0 radical (unpaired) electrons. The van der Waals surface area contributed by atoms with Gasteiger partial charge in [-0.1, -0.05) is 6.07 Å². The number of methoxy groups -OCH3 is 2. The Morgan fingerprint density at radius 1 is 0.895 bits per heavy atom. The Kier molecular flexibility index (Phi) is 4.23. The van der Waals surface area contributed by atoms with Crippen LogP contribution in [0.5, 0.6) is 17.2 Å². The van der Waals surface area contributed by atoms with E-state index in [1.54, 1.807) is 26.4 Å². The molecule has 2 rings (SSSR count). The number of benzene rings is 2. The van der Waals surface area contributed by atoms with Crippen LogP contribution in [0.25, 0.3) is 0 Å². The van der Waals surface area contributed by atoms with Crippen LogP contribution in [0.3, 0.4) is 0 Å². The van der Waals surface area contributed by atoms with Gasteiger partial charge in [0, 0.05) is 0 Å². The molecule has 0 saturated heterocycles. The average Bonchev–Trinajstić information content (AvgIpc) is 2.46. The van der Waals surface area contributed by atoms with Crippen LogP contribution >= 0.6 is 0 Å². The highest BCUT2D eigenvalue weighted by atomic mass is 19.1. The minimum absolute atomic E-state index is 0.279. The van der Waals surface area contributed by atoms with Gasteiger partial charge >= 0.3 is 0 Å². The third kappa shape index (κ3) is 3.37. The fourth-order valence-electron chi connectivity index (χ4n) is 1.67. The lowest BCUT2D eigenvalue weighted by atomic mass is 10.2. The standard InChI is InChI=1S/C15H15FO3/c1-17-14-8-3-11(9-15(14)18-2)10-19-13-6-4-12(16)5-7-13/h3-9H,10H2,1-2H3. The summed E-state index contributed by atoms with van der Waals surface area (Å²) < 4.78 is 28.7. The maximum Gasteiger partial charge on any atom is 0.161 e. The lowest BCUT2D eigenvalue weighted by Gasteiger charge is -2.10. The first-order valence-corrected chi connectivity index (χ1v) is 5.82. The third-order valence-electron chi connectivity index (χ3n) is 2.67. The average molecular weight is 262 g/mol. The van der Waals surface area contributed by atoms with Crippen molar-refractivity contribution in [2.75, 3.05) is 14.2 Å². The molecule has 0 N–H and O–H groups in total. The first-order valence-electron chi connectivity index (χ1n) is 5.82. The Morgan fingerprint density at radius 3 is 2.21 bits per heavy atom. The van der Waals surface area contributed by atoms with E-state index in [4.69, 9.17) is 14.2 Å². The molecule has 0 atom stereocenters. The molecule has 2 aromatic carbocycles.